The van der Waals surface area contributed by atoms with Gasteiger partial charge in [0.25, 0.3) is 0 Å². The summed E-state index contributed by atoms with van der Waals surface area (Å²) >= 11 is 0. The van der Waals surface area contributed by atoms with Crippen LogP contribution in [0.15, 0.2) is 30.3 Å². The van der Waals surface area contributed by atoms with Crippen LogP contribution in [0.3, 0.4) is 0 Å². The fraction of sp³-hybridized carbons (Fsp3) is 0.778. The van der Waals surface area contributed by atoms with E-state index in [1.54, 1.807) is 0 Å². The van der Waals surface area contributed by atoms with E-state index in [0.717, 1.165) is 12.6 Å². The Morgan fingerprint density at radius 2 is 1.24 bits per heavy atom. The van der Waals surface area contributed by atoms with Gasteiger partial charge in [0.2, 0.25) is 0 Å². The fourth-order valence-corrected chi connectivity index (χ4v) is 4.59. The Bertz CT molecular complexity index is 465. The standard InChI is InChI=1S/C27H48N2/c1-2-3-4-5-6-7-8-9-10-11-12-13-17-22-28-27-20-23-29(24-21-27)25-26-18-15-14-16-19-26/h14-16,18-19,27-28H,2-13,17,20-25H2,1H3. The highest BCUT2D eigenvalue weighted by molar-refractivity contribution is 5.14. The molecule has 1 aromatic rings. The molecule has 0 spiro atoms. The van der Waals surface area contributed by atoms with Crippen molar-refractivity contribution in [2.24, 2.45) is 0 Å². The topological polar surface area (TPSA) is 15.3 Å². The minimum absolute atomic E-state index is 0.749. The fourth-order valence-electron chi connectivity index (χ4n) is 4.59. The monoisotopic (exact) mass is 400 g/mol. The lowest BCUT2D eigenvalue weighted by molar-refractivity contribution is 0.190. The van der Waals surface area contributed by atoms with Crippen LogP contribution in [0.25, 0.3) is 0 Å². The molecular formula is C27H48N2. The van der Waals surface area contributed by atoms with Crippen LogP contribution in [0.5, 0.6) is 0 Å². The Morgan fingerprint density at radius 1 is 0.724 bits per heavy atom. The highest BCUT2D eigenvalue weighted by Gasteiger charge is 2.18. The average Bonchev–Trinajstić information content (AvgIpc) is 2.76. The summed E-state index contributed by atoms with van der Waals surface area (Å²) < 4.78 is 0. The first-order chi connectivity index (χ1) is 14.4. The molecule has 1 N–H and O–H groups in total. The number of nitrogens with one attached hydrogen (secondary N) is 1. The Kier molecular flexibility index (Phi) is 14.2. The predicted molar refractivity (Wildman–Crippen MR) is 128 cm³/mol. The van der Waals surface area contributed by atoms with Gasteiger partial charge < -0.3 is 5.32 Å². The number of nitrogens with zero attached hydrogens (tertiary/aromatic N) is 1. The summed E-state index contributed by atoms with van der Waals surface area (Å²) in [5, 5.41) is 3.82. The molecule has 1 heterocycles. The van der Waals surface area contributed by atoms with Gasteiger partial charge in [-0.2, -0.15) is 0 Å². The summed E-state index contributed by atoms with van der Waals surface area (Å²) in [4.78, 5) is 2.61. The Morgan fingerprint density at radius 3 is 1.79 bits per heavy atom. The zero-order chi connectivity index (χ0) is 20.4. The molecule has 1 aromatic carbocycles. The summed E-state index contributed by atoms with van der Waals surface area (Å²) in [6, 6.07) is 11.7. The molecule has 0 aromatic heterocycles. The lowest BCUT2D eigenvalue weighted by atomic mass is 10.0. The zero-order valence-electron chi connectivity index (χ0n) is 19.3. The van der Waals surface area contributed by atoms with Gasteiger partial charge in [0.05, 0.1) is 0 Å². The van der Waals surface area contributed by atoms with E-state index in [-0.39, 0.29) is 0 Å². The van der Waals surface area contributed by atoms with E-state index in [2.05, 4.69) is 47.5 Å². The third kappa shape index (κ3) is 12.4. The van der Waals surface area contributed by atoms with E-state index in [0.29, 0.717) is 0 Å². The second-order valence-electron chi connectivity index (χ2n) is 9.23. The van der Waals surface area contributed by atoms with E-state index in [4.69, 9.17) is 0 Å². The van der Waals surface area contributed by atoms with Gasteiger partial charge in [-0.25, -0.2) is 0 Å². The average molecular weight is 401 g/mol. The molecule has 29 heavy (non-hydrogen) atoms. The van der Waals surface area contributed by atoms with Crippen molar-refractivity contribution >= 4 is 0 Å². The SMILES string of the molecule is CCCCCCCCCCCCCCCNC1CCN(Cc2ccccc2)CC1. The largest absolute Gasteiger partial charge is 0.314 e. The number of hydrogen-bond acceptors (Lipinski definition) is 2. The van der Waals surface area contributed by atoms with Crippen LogP contribution < -0.4 is 5.32 Å². The highest BCUT2D eigenvalue weighted by Crippen LogP contribution is 2.15. The van der Waals surface area contributed by atoms with Crippen LogP contribution in [0.4, 0.5) is 0 Å². The lowest BCUT2D eigenvalue weighted by Crippen LogP contribution is -2.42. The van der Waals surface area contributed by atoms with Gasteiger partial charge in [-0.1, -0.05) is 114 Å². The first-order valence-corrected chi connectivity index (χ1v) is 12.9. The molecule has 0 radical (unpaired) electrons. The Labute approximate surface area is 181 Å². The third-order valence-corrected chi connectivity index (χ3v) is 6.55. The first-order valence-electron chi connectivity index (χ1n) is 12.9. The van der Waals surface area contributed by atoms with Crippen molar-refractivity contribution in [3.05, 3.63) is 35.9 Å². The van der Waals surface area contributed by atoms with Crippen molar-refractivity contribution < 1.29 is 0 Å². The molecule has 0 amide bonds. The summed E-state index contributed by atoms with van der Waals surface area (Å²) in [7, 11) is 0. The molecule has 2 nitrogen and oxygen atoms in total. The van der Waals surface area contributed by atoms with Crippen LogP contribution >= 0.6 is 0 Å². The van der Waals surface area contributed by atoms with Gasteiger partial charge >= 0.3 is 0 Å². The normalized spacial score (nSPS) is 15.8. The van der Waals surface area contributed by atoms with E-state index in [9.17, 15) is 0 Å². The van der Waals surface area contributed by atoms with Crippen molar-refractivity contribution in [2.75, 3.05) is 19.6 Å². The second-order valence-corrected chi connectivity index (χ2v) is 9.23. The first kappa shape index (κ1) is 24.4. The summed E-state index contributed by atoms with van der Waals surface area (Å²) in [6.45, 7) is 7.12. The van der Waals surface area contributed by atoms with Crippen molar-refractivity contribution in [1.29, 1.82) is 0 Å². The molecule has 2 heteroatoms. The molecule has 0 bridgehead atoms. The summed E-state index contributed by atoms with van der Waals surface area (Å²) in [5.41, 5.74) is 1.45. The number of hydrogen-bond donors (Lipinski definition) is 1. The second kappa shape index (κ2) is 16.9. The molecule has 1 aliphatic heterocycles. The number of rotatable bonds is 17. The van der Waals surface area contributed by atoms with Gasteiger partial charge in [0.15, 0.2) is 0 Å². The van der Waals surface area contributed by atoms with Crippen molar-refractivity contribution in [1.82, 2.24) is 10.2 Å². The number of unbranched alkanes of at least 4 members (excludes halogenated alkanes) is 12. The van der Waals surface area contributed by atoms with Gasteiger partial charge in [-0.15, -0.1) is 0 Å². The molecule has 1 fully saturated rings. The molecule has 2 rings (SSSR count). The van der Waals surface area contributed by atoms with Crippen LogP contribution in [-0.4, -0.2) is 30.6 Å². The molecule has 0 unspecified atom stereocenters. The van der Waals surface area contributed by atoms with E-state index in [1.807, 2.05) is 0 Å². The predicted octanol–water partition coefficient (Wildman–Crippen LogP) is 7.33. The molecule has 0 atom stereocenters. The number of benzene rings is 1. The maximum absolute atomic E-state index is 3.82. The number of piperidine rings is 1. The summed E-state index contributed by atoms with van der Waals surface area (Å²) in [5.74, 6) is 0. The minimum atomic E-state index is 0.749. The van der Waals surface area contributed by atoms with E-state index < -0.39 is 0 Å². The molecule has 0 saturated carbocycles. The van der Waals surface area contributed by atoms with Gasteiger partial charge in [-0.05, 0) is 44.5 Å². The van der Waals surface area contributed by atoms with Crippen LogP contribution in [0, 0.1) is 0 Å². The van der Waals surface area contributed by atoms with Gasteiger partial charge in [-0.3, -0.25) is 4.90 Å². The molecular weight excluding hydrogens is 352 g/mol. The van der Waals surface area contributed by atoms with Gasteiger partial charge in [0.1, 0.15) is 0 Å². The van der Waals surface area contributed by atoms with Gasteiger partial charge in [0, 0.05) is 12.6 Å². The highest BCUT2D eigenvalue weighted by atomic mass is 15.1. The van der Waals surface area contributed by atoms with Crippen LogP contribution in [0.1, 0.15) is 109 Å². The number of likely N-dealkylation sites (tertiary alicyclic amines) is 1. The Hall–Kier alpha value is -0.860. The van der Waals surface area contributed by atoms with Crippen LogP contribution in [-0.2, 0) is 6.54 Å². The molecule has 1 saturated heterocycles. The van der Waals surface area contributed by atoms with Crippen molar-refractivity contribution in [2.45, 2.75) is 116 Å². The lowest BCUT2D eigenvalue weighted by Gasteiger charge is -2.32. The summed E-state index contributed by atoms with van der Waals surface area (Å²) in [6.07, 6.45) is 21.3. The molecule has 166 valence electrons. The smallest absolute Gasteiger partial charge is 0.0233 e. The van der Waals surface area contributed by atoms with Crippen molar-refractivity contribution in [3.63, 3.8) is 0 Å². The van der Waals surface area contributed by atoms with Crippen LogP contribution in [0.2, 0.25) is 0 Å². The maximum Gasteiger partial charge on any atom is 0.0233 e. The van der Waals surface area contributed by atoms with E-state index in [1.165, 1.54) is 122 Å². The molecule has 1 aliphatic rings. The zero-order valence-corrected chi connectivity index (χ0v) is 19.3. The molecule has 0 aliphatic carbocycles. The third-order valence-electron chi connectivity index (χ3n) is 6.55. The Balaban J connectivity index is 1.32. The minimum Gasteiger partial charge on any atom is -0.314 e. The van der Waals surface area contributed by atoms with Crippen molar-refractivity contribution in [3.8, 4) is 0 Å². The quantitative estimate of drug-likeness (QED) is 0.275. The van der Waals surface area contributed by atoms with E-state index >= 15 is 0 Å². The maximum atomic E-state index is 3.82.